The van der Waals surface area contributed by atoms with E-state index in [1.54, 1.807) is 6.20 Å². The van der Waals surface area contributed by atoms with E-state index in [-0.39, 0.29) is 0 Å². The van der Waals surface area contributed by atoms with Gasteiger partial charge in [0.15, 0.2) is 5.82 Å². The summed E-state index contributed by atoms with van der Waals surface area (Å²) in [6, 6.07) is 71.6. The molecular weight excluding hydrogens is 703 g/mol. The maximum Gasteiger partial charge on any atom is 0.160 e. The van der Waals surface area contributed by atoms with Crippen LogP contribution >= 0.6 is 0 Å². The molecule has 11 aromatic rings. The van der Waals surface area contributed by atoms with Gasteiger partial charge in [0.05, 0.1) is 11.4 Å². The van der Waals surface area contributed by atoms with Gasteiger partial charge in [-0.1, -0.05) is 164 Å². The van der Waals surface area contributed by atoms with Crippen LogP contribution in [0.25, 0.3) is 111 Å². The maximum absolute atomic E-state index is 5.31. The second-order valence-corrected chi connectivity index (χ2v) is 14.9. The van der Waals surface area contributed by atoms with Crippen molar-refractivity contribution in [3.8, 4) is 78.4 Å². The van der Waals surface area contributed by atoms with Crippen molar-refractivity contribution >= 4 is 32.3 Å². The van der Waals surface area contributed by atoms with Crippen LogP contribution < -0.4 is 0 Å². The second kappa shape index (κ2) is 14.1. The van der Waals surface area contributed by atoms with Gasteiger partial charge in [-0.2, -0.15) is 0 Å². The van der Waals surface area contributed by atoms with Crippen molar-refractivity contribution in [1.29, 1.82) is 0 Å². The smallest absolute Gasteiger partial charge is 0.160 e. The summed E-state index contributed by atoms with van der Waals surface area (Å²) in [6.07, 6.45) is 3.70. The number of hydrogen-bond acceptors (Lipinski definition) is 3. The highest BCUT2D eigenvalue weighted by atomic mass is 14.9. The van der Waals surface area contributed by atoms with Gasteiger partial charge in [-0.05, 0) is 113 Å². The lowest BCUT2D eigenvalue weighted by atomic mass is 9.87. The Morgan fingerprint density at radius 2 is 0.828 bits per heavy atom. The van der Waals surface area contributed by atoms with E-state index in [0.29, 0.717) is 5.82 Å². The topological polar surface area (TPSA) is 38.7 Å². The molecule has 0 aliphatic carbocycles. The fraction of sp³-hybridized carbons (Fsp3) is 0. The SMILES string of the molecule is c1ccc(-c2ccc(-c3cc(-c4cc(-c5ccc(-c6cccnc6)cc5)nc(-c5ccccc5)n4)cc(-c4cc5cccc6ccc7cccc4c7c65)c3)cc2)cc1. The summed E-state index contributed by atoms with van der Waals surface area (Å²) in [5.74, 6) is 0.686. The Balaban J connectivity index is 1.13. The normalized spacial score (nSPS) is 11.4. The van der Waals surface area contributed by atoms with Crippen LogP contribution in [0.1, 0.15) is 0 Å². The maximum atomic E-state index is 5.31. The van der Waals surface area contributed by atoms with Crippen molar-refractivity contribution < 1.29 is 0 Å². The van der Waals surface area contributed by atoms with Gasteiger partial charge in [0.1, 0.15) is 0 Å². The van der Waals surface area contributed by atoms with E-state index >= 15 is 0 Å². The van der Waals surface area contributed by atoms with Crippen molar-refractivity contribution in [1.82, 2.24) is 15.0 Å². The van der Waals surface area contributed by atoms with Gasteiger partial charge in [0.25, 0.3) is 0 Å². The Morgan fingerprint density at radius 3 is 1.53 bits per heavy atom. The predicted molar refractivity (Wildman–Crippen MR) is 242 cm³/mol. The molecule has 0 radical (unpaired) electrons. The van der Waals surface area contributed by atoms with Crippen LogP contribution in [0, 0.1) is 0 Å². The van der Waals surface area contributed by atoms with Gasteiger partial charge in [-0.3, -0.25) is 4.98 Å². The van der Waals surface area contributed by atoms with Crippen LogP contribution in [-0.2, 0) is 0 Å². The van der Waals surface area contributed by atoms with Crippen molar-refractivity contribution in [2.75, 3.05) is 0 Å². The Hall–Kier alpha value is -7.75. The lowest BCUT2D eigenvalue weighted by Crippen LogP contribution is -1.97. The van der Waals surface area contributed by atoms with E-state index in [1.807, 2.05) is 30.5 Å². The molecule has 0 saturated carbocycles. The lowest BCUT2D eigenvalue weighted by molar-refractivity contribution is 1.18. The first-order valence-electron chi connectivity index (χ1n) is 19.7. The van der Waals surface area contributed by atoms with Crippen molar-refractivity contribution in [2.45, 2.75) is 0 Å². The monoisotopic (exact) mass is 737 g/mol. The molecule has 0 saturated heterocycles. The third-order valence-electron chi connectivity index (χ3n) is 11.3. The summed E-state index contributed by atoms with van der Waals surface area (Å²) < 4.78 is 0. The molecular formula is C55H35N3. The highest BCUT2D eigenvalue weighted by molar-refractivity contribution is 6.26. The van der Waals surface area contributed by atoms with E-state index in [9.17, 15) is 0 Å². The van der Waals surface area contributed by atoms with E-state index in [0.717, 1.165) is 55.9 Å². The van der Waals surface area contributed by atoms with Crippen LogP contribution in [0.3, 0.4) is 0 Å². The van der Waals surface area contributed by atoms with Gasteiger partial charge in [0.2, 0.25) is 0 Å². The number of rotatable bonds is 7. The Bertz CT molecular complexity index is 3230. The summed E-state index contributed by atoms with van der Waals surface area (Å²) in [5.41, 5.74) is 13.9. The van der Waals surface area contributed by atoms with Gasteiger partial charge in [-0.15, -0.1) is 0 Å². The van der Waals surface area contributed by atoms with Gasteiger partial charge in [-0.25, -0.2) is 9.97 Å². The first-order valence-corrected chi connectivity index (χ1v) is 19.7. The van der Waals surface area contributed by atoms with Gasteiger partial charge < -0.3 is 0 Å². The molecule has 0 aliphatic rings. The minimum Gasteiger partial charge on any atom is -0.264 e. The molecule has 2 aromatic heterocycles. The third-order valence-corrected chi connectivity index (χ3v) is 11.3. The molecule has 3 nitrogen and oxygen atoms in total. The van der Waals surface area contributed by atoms with E-state index in [4.69, 9.17) is 9.97 Å². The second-order valence-electron chi connectivity index (χ2n) is 14.9. The summed E-state index contributed by atoms with van der Waals surface area (Å²) in [6.45, 7) is 0. The fourth-order valence-electron chi connectivity index (χ4n) is 8.41. The molecule has 2 heterocycles. The standard InChI is InChI=1S/C55H35N3/c1-3-10-36(11-4-1)37-19-21-39(22-20-37)46-30-47(50-33-44-16-7-14-41-27-28-42-15-8-18-49(50)54(42)53(41)44)32-48(31-46)52-34-51(57-55(58-52)43-12-5-2-6-13-43)40-25-23-38(24-26-40)45-17-9-29-56-35-45/h1-35H. The zero-order valence-electron chi connectivity index (χ0n) is 31.5. The predicted octanol–water partition coefficient (Wildman–Crippen LogP) is 14.4. The summed E-state index contributed by atoms with van der Waals surface area (Å²) >= 11 is 0. The summed E-state index contributed by atoms with van der Waals surface area (Å²) in [5, 5.41) is 7.61. The molecule has 0 bridgehead atoms. The number of benzene rings is 9. The molecule has 9 aromatic carbocycles. The molecule has 0 spiro atoms. The van der Waals surface area contributed by atoms with Crippen LogP contribution in [0.5, 0.6) is 0 Å². The Kier molecular flexibility index (Phi) is 8.15. The number of aromatic nitrogens is 3. The number of pyridine rings is 1. The average Bonchev–Trinajstić information content (AvgIpc) is 3.31. The van der Waals surface area contributed by atoms with Crippen molar-refractivity contribution in [2.24, 2.45) is 0 Å². The van der Waals surface area contributed by atoms with E-state index in [2.05, 4.69) is 181 Å². The zero-order valence-corrected chi connectivity index (χ0v) is 31.5. The molecule has 0 fully saturated rings. The largest absolute Gasteiger partial charge is 0.264 e. The summed E-state index contributed by atoms with van der Waals surface area (Å²) in [4.78, 5) is 14.8. The minimum atomic E-state index is 0.686. The van der Waals surface area contributed by atoms with Gasteiger partial charge in [0, 0.05) is 29.1 Å². The third kappa shape index (κ3) is 6.07. The summed E-state index contributed by atoms with van der Waals surface area (Å²) in [7, 11) is 0. The molecule has 3 heteroatoms. The Labute approximate surface area is 337 Å². The van der Waals surface area contributed by atoms with E-state index < -0.39 is 0 Å². The van der Waals surface area contributed by atoms with Crippen molar-refractivity contribution in [3.63, 3.8) is 0 Å². The highest BCUT2D eigenvalue weighted by Crippen LogP contribution is 2.43. The molecule has 0 amide bonds. The highest BCUT2D eigenvalue weighted by Gasteiger charge is 2.17. The molecule has 0 atom stereocenters. The fourth-order valence-corrected chi connectivity index (χ4v) is 8.41. The van der Waals surface area contributed by atoms with Crippen LogP contribution in [0.15, 0.2) is 213 Å². The van der Waals surface area contributed by atoms with Crippen LogP contribution in [0.4, 0.5) is 0 Å². The number of nitrogens with zero attached hydrogens (tertiary/aromatic N) is 3. The van der Waals surface area contributed by atoms with Gasteiger partial charge >= 0.3 is 0 Å². The van der Waals surface area contributed by atoms with Crippen molar-refractivity contribution in [3.05, 3.63) is 213 Å². The molecule has 270 valence electrons. The first kappa shape index (κ1) is 33.6. The molecule has 0 aliphatic heterocycles. The van der Waals surface area contributed by atoms with Crippen LogP contribution in [-0.4, -0.2) is 15.0 Å². The number of hydrogen-bond donors (Lipinski definition) is 0. The molecule has 58 heavy (non-hydrogen) atoms. The Morgan fingerprint density at radius 1 is 0.293 bits per heavy atom. The first-order chi connectivity index (χ1) is 28.7. The van der Waals surface area contributed by atoms with E-state index in [1.165, 1.54) is 49.0 Å². The van der Waals surface area contributed by atoms with Crippen LogP contribution in [0.2, 0.25) is 0 Å². The molecule has 0 unspecified atom stereocenters. The average molecular weight is 738 g/mol. The quantitative estimate of drug-likeness (QED) is 0.153. The molecule has 11 rings (SSSR count). The lowest BCUT2D eigenvalue weighted by Gasteiger charge is -2.17. The molecule has 0 N–H and O–H groups in total. The zero-order chi connectivity index (χ0) is 38.4. The minimum absolute atomic E-state index is 0.686.